The Morgan fingerprint density at radius 1 is 1.15 bits per heavy atom. The van der Waals surface area contributed by atoms with Crippen molar-refractivity contribution >= 4 is 63.9 Å². The molecule has 0 spiro atoms. The summed E-state index contributed by atoms with van der Waals surface area (Å²) in [6, 6.07) is 10.4. The summed E-state index contributed by atoms with van der Waals surface area (Å²) in [5.41, 5.74) is 1.07. The molecule has 1 heterocycles. The van der Waals surface area contributed by atoms with Gasteiger partial charge in [-0.1, -0.05) is 17.7 Å². The predicted molar refractivity (Wildman–Crippen MR) is 106 cm³/mol. The molecule has 9 heteroatoms. The Bertz CT molecular complexity index is 795. The van der Waals surface area contributed by atoms with Crippen LogP contribution in [-0.2, 0) is 24.9 Å². The van der Waals surface area contributed by atoms with Gasteiger partial charge in [0, 0.05) is 28.9 Å². The third kappa shape index (κ3) is 7.47. The molecule has 0 aliphatic rings. The molecular formula is C17H17ClN2O4S2. The van der Waals surface area contributed by atoms with Crippen LogP contribution in [-0.4, -0.2) is 30.1 Å². The van der Waals surface area contributed by atoms with Crippen LogP contribution in [0.15, 0.2) is 36.4 Å². The Labute approximate surface area is 164 Å². The predicted octanol–water partition coefficient (Wildman–Crippen LogP) is 3.78. The summed E-state index contributed by atoms with van der Waals surface area (Å²) in [7, 11) is 0. The average molecular weight is 413 g/mol. The highest BCUT2D eigenvalue weighted by molar-refractivity contribution is 7.99. The van der Waals surface area contributed by atoms with Crippen molar-refractivity contribution in [3.05, 3.63) is 45.6 Å². The largest absolute Gasteiger partial charge is 0.455 e. The Morgan fingerprint density at radius 2 is 1.88 bits per heavy atom. The molecule has 0 saturated carbocycles. The van der Waals surface area contributed by atoms with Crippen LogP contribution >= 0.6 is 34.7 Å². The topological polar surface area (TPSA) is 84.5 Å². The lowest BCUT2D eigenvalue weighted by Gasteiger charge is -2.08. The SMILES string of the molecule is CC(=O)Nc1cccc(NC(=O)COC(=O)CSCc2ccc(Cl)s2)c1. The molecule has 2 N–H and O–H groups in total. The normalized spacial score (nSPS) is 10.2. The number of ether oxygens (including phenoxy) is 1. The van der Waals surface area contributed by atoms with Gasteiger partial charge in [0.1, 0.15) is 0 Å². The van der Waals surface area contributed by atoms with E-state index in [0.717, 1.165) is 4.88 Å². The van der Waals surface area contributed by atoms with Gasteiger partial charge in [-0.15, -0.1) is 23.1 Å². The molecule has 1 aromatic heterocycles. The van der Waals surface area contributed by atoms with Crippen molar-refractivity contribution in [3.63, 3.8) is 0 Å². The van der Waals surface area contributed by atoms with Crippen LogP contribution < -0.4 is 10.6 Å². The number of carbonyl (C=O) groups is 3. The smallest absolute Gasteiger partial charge is 0.316 e. The highest BCUT2D eigenvalue weighted by atomic mass is 35.5. The summed E-state index contributed by atoms with van der Waals surface area (Å²) >= 11 is 8.70. The number of amides is 2. The second-order valence-corrected chi connectivity index (χ2v) is 7.95. The van der Waals surface area contributed by atoms with Gasteiger partial charge < -0.3 is 15.4 Å². The number of thiophene rings is 1. The van der Waals surface area contributed by atoms with Gasteiger partial charge in [0.25, 0.3) is 5.91 Å². The van der Waals surface area contributed by atoms with E-state index < -0.39 is 11.9 Å². The molecule has 0 radical (unpaired) electrons. The Hall–Kier alpha value is -2.03. The van der Waals surface area contributed by atoms with Gasteiger partial charge in [-0.3, -0.25) is 14.4 Å². The fraction of sp³-hybridized carbons (Fsp3) is 0.235. The number of carbonyl (C=O) groups excluding carboxylic acids is 3. The first-order valence-electron chi connectivity index (χ1n) is 7.57. The molecule has 6 nitrogen and oxygen atoms in total. The minimum Gasteiger partial charge on any atom is -0.455 e. The number of thioether (sulfide) groups is 1. The van der Waals surface area contributed by atoms with Crippen LogP contribution in [0.1, 0.15) is 11.8 Å². The number of anilines is 2. The summed E-state index contributed by atoms with van der Waals surface area (Å²) in [6.45, 7) is 1.03. The number of hydrogen-bond acceptors (Lipinski definition) is 6. The molecule has 0 bridgehead atoms. The van der Waals surface area contributed by atoms with Crippen molar-refractivity contribution < 1.29 is 19.1 Å². The van der Waals surface area contributed by atoms with E-state index in [1.165, 1.54) is 30.0 Å². The van der Waals surface area contributed by atoms with Gasteiger partial charge in [0.2, 0.25) is 5.91 Å². The molecule has 0 aliphatic carbocycles. The summed E-state index contributed by atoms with van der Waals surface area (Å²) in [5.74, 6) is -0.298. The van der Waals surface area contributed by atoms with E-state index >= 15 is 0 Å². The quantitative estimate of drug-likeness (QED) is 0.644. The minimum absolute atomic E-state index is 0.154. The van der Waals surface area contributed by atoms with Crippen LogP contribution in [0.5, 0.6) is 0 Å². The second kappa shape index (κ2) is 10.2. The van der Waals surface area contributed by atoms with Gasteiger partial charge in [0.05, 0.1) is 10.1 Å². The zero-order valence-corrected chi connectivity index (χ0v) is 16.3. The first kappa shape index (κ1) is 20.3. The molecule has 26 heavy (non-hydrogen) atoms. The average Bonchev–Trinajstić information content (AvgIpc) is 2.98. The summed E-state index contributed by atoms with van der Waals surface area (Å²) in [5, 5.41) is 5.23. The lowest BCUT2D eigenvalue weighted by Crippen LogP contribution is -2.21. The highest BCUT2D eigenvalue weighted by Gasteiger charge is 2.09. The monoisotopic (exact) mass is 412 g/mol. The third-order valence-electron chi connectivity index (χ3n) is 2.92. The van der Waals surface area contributed by atoms with Gasteiger partial charge in [0.15, 0.2) is 6.61 Å². The first-order chi connectivity index (χ1) is 12.4. The van der Waals surface area contributed by atoms with E-state index in [1.807, 2.05) is 12.1 Å². The maximum absolute atomic E-state index is 11.9. The lowest BCUT2D eigenvalue weighted by atomic mass is 10.2. The van der Waals surface area contributed by atoms with Crippen LogP contribution in [0.4, 0.5) is 11.4 Å². The standard InChI is InChI=1S/C17H17ClN2O4S2/c1-11(21)19-12-3-2-4-13(7-12)20-16(22)8-24-17(23)10-25-9-14-5-6-15(18)26-14/h2-7H,8-10H2,1H3,(H,19,21)(H,20,22). The maximum Gasteiger partial charge on any atom is 0.316 e. The Morgan fingerprint density at radius 3 is 2.54 bits per heavy atom. The molecule has 0 unspecified atom stereocenters. The minimum atomic E-state index is -0.459. The van der Waals surface area contributed by atoms with Gasteiger partial charge in [-0.2, -0.15) is 0 Å². The van der Waals surface area contributed by atoms with Crippen LogP contribution in [0.25, 0.3) is 0 Å². The number of rotatable bonds is 8. The van der Waals surface area contributed by atoms with Crippen LogP contribution in [0.3, 0.4) is 0 Å². The van der Waals surface area contributed by atoms with E-state index in [2.05, 4.69) is 10.6 Å². The molecule has 2 aromatic rings. The number of hydrogen-bond donors (Lipinski definition) is 2. The van der Waals surface area contributed by atoms with Gasteiger partial charge >= 0.3 is 5.97 Å². The van der Waals surface area contributed by atoms with E-state index in [4.69, 9.17) is 16.3 Å². The molecule has 2 amide bonds. The lowest BCUT2D eigenvalue weighted by molar-refractivity contribution is -0.144. The number of nitrogens with one attached hydrogen (secondary N) is 2. The number of halogens is 1. The van der Waals surface area contributed by atoms with Gasteiger partial charge in [-0.25, -0.2) is 0 Å². The first-order valence-corrected chi connectivity index (χ1v) is 9.92. The second-order valence-electron chi connectivity index (χ2n) is 5.17. The fourth-order valence-corrected chi connectivity index (χ4v) is 3.95. The van der Waals surface area contributed by atoms with Crippen molar-refractivity contribution in [2.24, 2.45) is 0 Å². The van der Waals surface area contributed by atoms with E-state index in [0.29, 0.717) is 21.5 Å². The van der Waals surface area contributed by atoms with Crippen LogP contribution in [0, 0.1) is 0 Å². The molecule has 0 aliphatic heterocycles. The van der Waals surface area contributed by atoms with Crippen molar-refractivity contribution in [1.82, 2.24) is 0 Å². The molecule has 138 valence electrons. The maximum atomic E-state index is 11.9. The van der Waals surface area contributed by atoms with E-state index in [1.54, 1.807) is 24.3 Å². The Kier molecular flexibility index (Phi) is 7.96. The fourth-order valence-electron chi connectivity index (χ4n) is 1.93. The zero-order chi connectivity index (χ0) is 18.9. The summed E-state index contributed by atoms with van der Waals surface area (Å²) < 4.78 is 5.66. The number of esters is 1. The van der Waals surface area contributed by atoms with E-state index in [-0.39, 0.29) is 18.3 Å². The third-order valence-corrected chi connectivity index (χ3v) is 5.29. The number of benzene rings is 1. The summed E-state index contributed by atoms with van der Waals surface area (Å²) in [6.07, 6.45) is 0. The van der Waals surface area contributed by atoms with Crippen molar-refractivity contribution in [2.75, 3.05) is 23.0 Å². The van der Waals surface area contributed by atoms with E-state index in [9.17, 15) is 14.4 Å². The van der Waals surface area contributed by atoms with Crippen molar-refractivity contribution in [2.45, 2.75) is 12.7 Å². The van der Waals surface area contributed by atoms with Crippen molar-refractivity contribution in [1.29, 1.82) is 0 Å². The zero-order valence-electron chi connectivity index (χ0n) is 13.9. The molecule has 1 aromatic carbocycles. The Balaban J connectivity index is 1.69. The molecular weight excluding hydrogens is 396 g/mol. The molecule has 0 atom stereocenters. The highest BCUT2D eigenvalue weighted by Crippen LogP contribution is 2.25. The van der Waals surface area contributed by atoms with Crippen LogP contribution in [0.2, 0.25) is 4.34 Å². The van der Waals surface area contributed by atoms with Gasteiger partial charge in [-0.05, 0) is 30.3 Å². The summed E-state index contributed by atoms with van der Waals surface area (Å²) in [4.78, 5) is 35.6. The molecule has 2 rings (SSSR count). The van der Waals surface area contributed by atoms with Crippen molar-refractivity contribution in [3.8, 4) is 0 Å². The molecule has 0 saturated heterocycles. The molecule has 0 fully saturated rings.